The number of aromatic nitrogens is 2. The first-order chi connectivity index (χ1) is 9.61. The van der Waals surface area contributed by atoms with E-state index < -0.39 is 12.2 Å². The van der Waals surface area contributed by atoms with Crippen molar-refractivity contribution < 1.29 is 14.7 Å². The maximum atomic E-state index is 9.49. The quantitative estimate of drug-likeness (QED) is 0.876. The lowest BCUT2D eigenvalue weighted by molar-refractivity contribution is 0.0572. The fraction of sp³-hybridized carbons (Fsp3) is 0.385. The van der Waals surface area contributed by atoms with Gasteiger partial charge in [-0.2, -0.15) is 4.98 Å². The Balaban J connectivity index is 1.71. The highest BCUT2D eigenvalue weighted by Gasteiger charge is 2.30. The third-order valence-corrected chi connectivity index (χ3v) is 3.48. The van der Waals surface area contributed by atoms with Crippen LogP contribution in [0.1, 0.15) is 5.89 Å². The summed E-state index contributed by atoms with van der Waals surface area (Å²) in [4.78, 5) is 6.16. The van der Waals surface area contributed by atoms with E-state index in [4.69, 9.17) is 16.1 Å². The van der Waals surface area contributed by atoms with Crippen molar-refractivity contribution in [2.24, 2.45) is 0 Å². The molecule has 0 saturated carbocycles. The Morgan fingerprint density at radius 2 is 2.05 bits per heavy atom. The van der Waals surface area contributed by atoms with Crippen molar-refractivity contribution in [3.8, 4) is 11.4 Å². The van der Waals surface area contributed by atoms with Gasteiger partial charge < -0.3 is 14.7 Å². The second-order valence-electron chi connectivity index (χ2n) is 4.85. The fourth-order valence-electron chi connectivity index (χ4n) is 2.23. The molecule has 3 rings (SSSR count). The van der Waals surface area contributed by atoms with E-state index in [2.05, 4.69) is 10.1 Å². The minimum absolute atomic E-state index is 0.399. The predicted octanol–water partition coefficient (Wildman–Crippen LogP) is 0.927. The van der Waals surface area contributed by atoms with Gasteiger partial charge in [0.2, 0.25) is 11.7 Å². The summed E-state index contributed by atoms with van der Waals surface area (Å²) in [7, 11) is 0. The smallest absolute Gasteiger partial charge is 0.241 e. The van der Waals surface area contributed by atoms with Gasteiger partial charge in [-0.25, -0.2) is 0 Å². The lowest BCUT2D eigenvalue weighted by Crippen LogP contribution is -2.22. The molecule has 2 atom stereocenters. The molecule has 0 bridgehead atoms. The minimum atomic E-state index is -0.717. The first-order valence-electron chi connectivity index (χ1n) is 6.29. The zero-order valence-electron chi connectivity index (χ0n) is 10.6. The monoisotopic (exact) mass is 295 g/mol. The topological polar surface area (TPSA) is 82.6 Å². The summed E-state index contributed by atoms with van der Waals surface area (Å²) in [5.41, 5.74) is 0.786. The molecule has 1 aliphatic rings. The Labute approximate surface area is 120 Å². The van der Waals surface area contributed by atoms with E-state index in [1.807, 2.05) is 17.0 Å². The van der Waals surface area contributed by atoms with Crippen molar-refractivity contribution in [2.75, 3.05) is 13.1 Å². The van der Waals surface area contributed by atoms with Gasteiger partial charge in [-0.05, 0) is 12.1 Å². The van der Waals surface area contributed by atoms with E-state index in [9.17, 15) is 10.2 Å². The number of halogens is 1. The van der Waals surface area contributed by atoms with Gasteiger partial charge in [0.25, 0.3) is 0 Å². The number of aliphatic hydroxyl groups is 2. The van der Waals surface area contributed by atoms with Crippen LogP contribution in [0.3, 0.4) is 0 Å². The molecule has 2 N–H and O–H groups in total. The molecular formula is C13H14ClN3O3. The van der Waals surface area contributed by atoms with Crippen LogP contribution in [0.2, 0.25) is 5.02 Å². The maximum absolute atomic E-state index is 9.49. The van der Waals surface area contributed by atoms with Crippen LogP contribution in [0.15, 0.2) is 28.8 Å². The maximum Gasteiger partial charge on any atom is 0.241 e. The molecule has 0 amide bonds. The molecule has 0 aliphatic carbocycles. The molecule has 7 heteroatoms. The molecular weight excluding hydrogens is 282 g/mol. The highest BCUT2D eigenvalue weighted by molar-refractivity contribution is 6.30. The van der Waals surface area contributed by atoms with Crippen LogP contribution in [0.5, 0.6) is 0 Å². The van der Waals surface area contributed by atoms with E-state index in [0.717, 1.165) is 5.56 Å². The van der Waals surface area contributed by atoms with Crippen molar-refractivity contribution in [3.63, 3.8) is 0 Å². The molecule has 20 heavy (non-hydrogen) atoms. The van der Waals surface area contributed by atoms with Gasteiger partial charge >= 0.3 is 0 Å². The first-order valence-corrected chi connectivity index (χ1v) is 6.66. The van der Waals surface area contributed by atoms with Crippen LogP contribution in [0.25, 0.3) is 11.4 Å². The molecule has 0 radical (unpaired) electrons. The number of rotatable bonds is 3. The van der Waals surface area contributed by atoms with Gasteiger partial charge in [0.15, 0.2) is 0 Å². The lowest BCUT2D eigenvalue weighted by Gasteiger charge is -2.10. The molecule has 1 aliphatic heterocycles. The highest BCUT2D eigenvalue weighted by Crippen LogP contribution is 2.21. The zero-order valence-corrected chi connectivity index (χ0v) is 11.4. The summed E-state index contributed by atoms with van der Waals surface area (Å²) in [5, 5.41) is 23.5. The van der Waals surface area contributed by atoms with E-state index in [0.29, 0.717) is 36.4 Å². The molecule has 1 fully saturated rings. The van der Waals surface area contributed by atoms with Crippen LogP contribution >= 0.6 is 11.6 Å². The normalized spacial score (nSPS) is 23.4. The van der Waals surface area contributed by atoms with Gasteiger partial charge in [-0.3, -0.25) is 4.90 Å². The molecule has 0 spiro atoms. The number of hydrogen-bond donors (Lipinski definition) is 2. The Morgan fingerprint density at radius 1 is 1.30 bits per heavy atom. The lowest BCUT2D eigenvalue weighted by atomic mass is 10.2. The van der Waals surface area contributed by atoms with Crippen molar-refractivity contribution >= 4 is 11.6 Å². The number of benzene rings is 1. The molecule has 106 valence electrons. The summed E-state index contributed by atoms with van der Waals surface area (Å²) in [6.07, 6.45) is -1.43. The van der Waals surface area contributed by atoms with Gasteiger partial charge in [-0.15, -0.1) is 0 Å². The van der Waals surface area contributed by atoms with E-state index in [1.54, 1.807) is 12.1 Å². The van der Waals surface area contributed by atoms with Crippen molar-refractivity contribution in [1.82, 2.24) is 15.0 Å². The second-order valence-corrected chi connectivity index (χ2v) is 5.29. The largest absolute Gasteiger partial charge is 0.389 e. The van der Waals surface area contributed by atoms with Crippen LogP contribution in [0.4, 0.5) is 0 Å². The Hall–Kier alpha value is -1.47. The second kappa shape index (κ2) is 5.49. The molecule has 2 aromatic rings. The van der Waals surface area contributed by atoms with E-state index in [-0.39, 0.29) is 0 Å². The third kappa shape index (κ3) is 2.83. The fourth-order valence-corrected chi connectivity index (χ4v) is 2.42. The molecule has 1 saturated heterocycles. The summed E-state index contributed by atoms with van der Waals surface area (Å²) < 4.78 is 5.18. The molecule has 6 nitrogen and oxygen atoms in total. The Morgan fingerprint density at radius 3 is 2.75 bits per heavy atom. The first kappa shape index (κ1) is 13.5. The summed E-state index contributed by atoms with van der Waals surface area (Å²) >= 11 is 5.92. The Kier molecular flexibility index (Phi) is 3.71. The van der Waals surface area contributed by atoms with Crippen LogP contribution < -0.4 is 0 Å². The summed E-state index contributed by atoms with van der Waals surface area (Å²) in [6.45, 7) is 1.20. The third-order valence-electron chi connectivity index (χ3n) is 3.24. The van der Waals surface area contributed by atoms with Gasteiger partial charge in [0.05, 0.1) is 18.8 Å². The SMILES string of the molecule is OC1CN(Cc2nc(-c3cccc(Cl)c3)no2)CC1O. The van der Waals surface area contributed by atoms with Gasteiger partial charge in [0, 0.05) is 23.7 Å². The number of hydrogen-bond acceptors (Lipinski definition) is 6. The van der Waals surface area contributed by atoms with Crippen molar-refractivity contribution in [3.05, 3.63) is 35.2 Å². The average Bonchev–Trinajstić information content (AvgIpc) is 2.98. The molecule has 1 aromatic heterocycles. The van der Waals surface area contributed by atoms with Gasteiger partial charge in [-0.1, -0.05) is 28.9 Å². The summed E-state index contributed by atoms with van der Waals surface area (Å²) in [6, 6.07) is 7.21. The Bertz CT molecular complexity index is 594. The van der Waals surface area contributed by atoms with E-state index >= 15 is 0 Å². The molecule has 1 aromatic carbocycles. The number of nitrogens with zero attached hydrogens (tertiary/aromatic N) is 3. The van der Waals surface area contributed by atoms with Crippen molar-refractivity contribution in [2.45, 2.75) is 18.8 Å². The number of aliphatic hydroxyl groups excluding tert-OH is 2. The summed E-state index contributed by atoms with van der Waals surface area (Å²) in [5.74, 6) is 0.920. The number of likely N-dealkylation sites (tertiary alicyclic amines) is 1. The predicted molar refractivity (Wildman–Crippen MR) is 72.0 cm³/mol. The van der Waals surface area contributed by atoms with Crippen molar-refractivity contribution in [1.29, 1.82) is 0 Å². The van der Waals surface area contributed by atoms with Crippen LogP contribution in [-0.4, -0.2) is 50.6 Å². The number of β-amino-alcohol motifs (C(OH)–C–C–N with tert-alkyl or cyclic N) is 2. The highest BCUT2D eigenvalue weighted by atomic mass is 35.5. The minimum Gasteiger partial charge on any atom is -0.389 e. The average molecular weight is 296 g/mol. The zero-order chi connectivity index (χ0) is 14.1. The van der Waals surface area contributed by atoms with E-state index in [1.165, 1.54) is 0 Å². The molecule has 2 unspecified atom stereocenters. The standard InChI is InChI=1S/C13H14ClN3O3/c14-9-3-1-2-8(4-9)13-15-12(20-16-13)7-17-5-10(18)11(19)6-17/h1-4,10-11,18-19H,5-7H2. The van der Waals surface area contributed by atoms with Crippen LogP contribution in [0, 0.1) is 0 Å². The van der Waals surface area contributed by atoms with Gasteiger partial charge in [0.1, 0.15) is 0 Å². The van der Waals surface area contributed by atoms with Crippen LogP contribution in [-0.2, 0) is 6.54 Å². The molecule has 2 heterocycles.